The summed E-state index contributed by atoms with van der Waals surface area (Å²) in [5, 5.41) is 0. The van der Waals surface area contributed by atoms with Crippen molar-refractivity contribution in [1.29, 1.82) is 0 Å². The molecule has 2 N–H and O–H groups in total. The lowest BCUT2D eigenvalue weighted by Gasteiger charge is -2.06. The molecule has 0 saturated heterocycles. The molecule has 2 rings (SSSR count). The third kappa shape index (κ3) is 2.97. The van der Waals surface area contributed by atoms with Crippen LogP contribution in [0.15, 0.2) is 47.2 Å². The van der Waals surface area contributed by atoms with Crippen molar-refractivity contribution in [2.45, 2.75) is 6.61 Å². The van der Waals surface area contributed by atoms with Crippen LogP contribution in [0, 0.1) is 0 Å². The Morgan fingerprint density at radius 3 is 2.50 bits per heavy atom. The first kappa shape index (κ1) is 11.0. The monoisotopic (exact) mass is 278 g/mol. The second kappa shape index (κ2) is 4.99. The van der Waals surface area contributed by atoms with Crippen LogP contribution in [0.3, 0.4) is 0 Å². The third-order valence-corrected chi connectivity index (χ3v) is 2.54. The number of pyridine rings is 1. The van der Waals surface area contributed by atoms with Crippen LogP contribution >= 0.6 is 15.9 Å². The first-order valence-electron chi connectivity index (χ1n) is 4.83. The molecule has 82 valence electrons. The number of halogens is 1. The van der Waals surface area contributed by atoms with Gasteiger partial charge in [0.15, 0.2) is 0 Å². The van der Waals surface area contributed by atoms with Gasteiger partial charge in [0.05, 0.1) is 0 Å². The zero-order valence-corrected chi connectivity index (χ0v) is 10.1. The van der Waals surface area contributed by atoms with Gasteiger partial charge in [0.2, 0.25) is 0 Å². The van der Waals surface area contributed by atoms with E-state index >= 15 is 0 Å². The Morgan fingerprint density at radius 1 is 1.12 bits per heavy atom. The largest absolute Gasteiger partial charge is 0.489 e. The highest BCUT2D eigenvalue weighted by Gasteiger charge is 1.96. The molecule has 0 atom stereocenters. The van der Waals surface area contributed by atoms with E-state index in [0.29, 0.717) is 6.61 Å². The predicted octanol–water partition coefficient (Wildman–Crippen LogP) is 3.01. The summed E-state index contributed by atoms with van der Waals surface area (Å²) in [5.74, 6) is 0.803. The summed E-state index contributed by atoms with van der Waals surface area (Å²) in [7, 11) is 0. The van der Waals surface area contributed by atoms with Gasteiger partial charge >= 0.3 is 0 Å². The summed E-state index contributed by atoms with van der Waals surface area (Å²) >= 11 is 3.28. The van der Waals surface area contributed by atoms with Gasteiger partial charge in [-0.2, -0.15) is 0 Å². The maximum atomic E-state index is 5.58. The fourth-order valence-corrected chi connectivity index (χ4v) is 1.46. The average Bonchev–Trinajstić information content (AvgIpc) is 2.30. The van der Waals surface area contributed by atoms with Crippen LogP contribution in [0.25, 0.3) is 0 Å². The van der Waals surface area contributed by atoms with Crippen molar-refractivity contribution < 1.29 is 4.74 Å². The van der Waals surface area contributed by atoms with Crippen LogP contribution in [0.4, 0.5) is 5.69 Å². The molecule has 3 nitrogen and oxygen atoms in total. The van der Waals surface area contributed by atoms with E-state index in [1.54, 1.807) is 6.20 Å². The molecule has 2 aromatic rings. The molecular formula is C12H11BrN2O. The number of nitrogens with zero attached hydrogens (tertiary/aromatic N) is 1. The highest BCUT2D eigenvalue weighted by atomic mass is 79.9. The lowest BCUT2D eigenvalue weighted by Crippen LogP contribution is -1.96. The first-order chi connectivity index (χ1) is 7.74. The average molecular weight is 279 g/mol. The molecule has 0 aliphatic carbocycles. The van der Waals surface area contributed by atoms with Crippen molar-refractivity contribution in [3.8, 4) is 5.75 Å². The molecule has 0 aliphatic heterocycles. The summed E-state index contributed by atoms with van der Waals surface area (Å²) in [6.07, 6.45) is 1.78. The van der Waals surface area contributed by atoms with Crippen LogP contribution in [0.1, 0.15) is 5.56 Å². The Labute approximate surface area is 102 Å². The number of benzene rings is 1. The quantitative estimate of drug-likeness (QED) is 0.694. The van der Waals surface area contributed by atoms with Crippen molar-refractivity contribution in [3.05, 3.63) is 52.8 Å². The van der Waals surface area contributed by atoms with Crippen molar-refractivity contribution >= 4 is 21.6 Å². The zero-order chi connectivity index (χ0) is 11.4. The highest BCUT2D eigenvalue weighted by Crippen LogP contribution is 2.15. The lowest BCUT2D eigenvalue weighted by molar-refractivity contribution is 0.306. The van der Waals surface area contributed by atoms with Gasteiger partial charge in [-0.25, -0.2) is 4.98 Å². The van der Waals surface area contributed by atoms with Gasteiger partial charge in [-0.1, -0.05) is 6.07 Å². The number of rotatable bonds is 3. The number of nitrogen functional groups attached to an aromatic ring is 1. The summed E-state index contributed by atoms with van der Waals surface area (Å²) in [4.78, 5) is 4.12. The minimum absolute atomic E-state index is 0.504. The fraction of sp³-hybridized carbons (Fsp3) is 0.0833. The van der Waals surface area contributed by atoms with E-state index in [2.05, 4.69) is 20.9 Å². The Morgan fingerprint density at radius 2 is 1.88 bits per heavy atom. The fourth-order valence-electron chi connectivity index (χ4n) is 1.22. The van der Waals surface area contributed by atoms with Crippen LogP contribution < -0.4 is 10.5 Å². The van der Waals surface area contributed by atoms with Crippen molar-refractivity contribution in [3.63, 3.8) is 0 Å². The van der Waals surface area contributed by atoms with Gasteiger partial charge in [-0.05, 0) is 46.3 Å². The molecule has 0 bridgehead atoms. The molecule has 0 spiro atoms. The van der Waals surface area contributed by atoms with Crippen LogP contribution in [0.5, 0.6) is 5.75 Å². The van der Waals surface area contributed by atoms with Crippen LogP contribution in [-0.2, 0) is 6.61 Å². The van der Waals surface area contributed by atoms with Crippen LogP contribution in [0.2, 0.25) is 0 Å². The molecule has 0 saturated carbocycles. The van der Waals surface area contributed by atoms with Gasteiger partial charge in [-0.3, -0.25) is 0 Å². The molecule has 1 aromatic heterocycles. The predicted molar refractivity (Wildman–Crippen MR) is 67.1 cm³/mol. The third-order valence-electron chi connectivity index (χ3n) is 2.07. The van der Waals surface area contributed by atoms with E-state index in [-0.39, 0.29) is 0 Å². The van der Waals surface area contributed by atoms with E-state index in [1.165, 1.54) is 0 Å². The number of anilines is 1. The summed E-state index contributed by atoms with van der Waals surface area (Å²) < 4.78 is 6.40. The van der Waals surface area contributed by atoms with Gasteiger partial charge in [-0.15, -0.1) is 0 Å². The summed E-state index contributed by atoms with van der Waals surface area (Å²) in [6.45, 7) is 0.504. The van der Waals surface area contributed by atoms with Crippen molar-refractivity contribution in [2.75, 3.05) is 5.73 Å². The van der Waals surface area contributed by atoms with Crippen LogP contribution in [-0.4, -0.2) is 4.98 Å². The highest BCUT2D eigenvalue weighted by molar-refractivity contribution is 9.10. The molecule has 1 aromatic carbocycles. The Bertz CT molecular complexity index is 408. The molecule has 0 amide bonds. The standard InChI is InChI=1S/C12H11BrN2O/c13-12-6-1-9(7-15-12)8-16-11-4-2-10(14)3-5-11/h1-7H,8,14H2. The second-order valence-electron chi connectivity index (χ2n) is 3.35. The molecule has 1 heterocycles. The minimum Gasteiger partial charge on any atom is -0.489 e. The minimum atomic E-state index is 0.504. The number of aromatic nitrogens is 1. The van der Waals surface area contributed by atoms with E-state index in [1.807, 2.05) is 36.4 Å². The Kier molecular flexibility index (Phi) is 3.41. The smallest absolute Gasteiger partial charge is 0.119 e. The number of ether oxygens (including phenoxy) is 1. The molecule has 0 radical (unpaired) electrons. The topological polar surface area (TPSA) is 48.1 Å². The SMILES string of the molecule is Nc1ccc(OCc2ccc(Br)nc2)cc1. The molecule has 0 fully saturated rings. The van der Waals surface area contributed by atoms with Gasteiger partial charge < -0.3 is 10.5 Å². The van der Waals surface area contributed by atoms with Gasteiger partial charge in [0.1, 0.15) is 17.0 Å². The summed E-state index contributed by atoms with van der Waals surface area (Å²) in [6, 6.07) is 11.2. The number of nitrogens with two attached hydrogens (primary N) is 1. The zero-order valence-electron chi connectivity index (χ0n) is 8.56. The first-order valence-corrected chi connectivity index (χ1v) is 5.62. The lowest BCUT2D eigenvalue weighted by atomic mass is 10.3. The number of hydrogen-bond donors (Lipinski definition) is 1. The normalized spacial score (nSPS) is 10.1. The van der Waals surface area contributed by atoms with Gasteiger partial charge in [0, 0.05) is 17.4 Å². The van der Waals surface area contributed by atoms with E-state index < -0.39 is 0 Å². The van der Waals surface area contributed by atoms with E-state index in [4.69, 9.17) is 10.5 Å². The maximum absolute atomic E-state index is 5.58. The number of hydrogen-bond acceptors (Lipinski definition) is 3. The summed E-state index contributed by atoms with van der Waals surface area (Å²) in [5.41, 5.74) is 7.34. The molecule has 0 unspecified atom stereocenters. The molecule has 16 heavy (non-hydrogen) atoms. The molecular weight excluding hydrogens is 268 g/mol. The Balaban J connectivity index is 1.97. The molecule has 0 aliphatic rings. The van der Waals surface area contributed by atoms with E-state index in [9.17, 15) is 0 Å². The second-order valence-corrected chi connectivity index (χ2v) is 4.16. The van der Waals surface area contributed by atoms with Crippen molar-refractivity contribution in [2.24, 2.45) is 0 Å². The van der Waals surface area contributed by atoms with Gasteiger partial charge in [0.25, 0.3) is 0 Å². The Hall–Kier alpha value is -1.55. The van der Waals surface area contributed by atoms with E-state index in [0.717, 1.165) is 21.6 Å². The van der Waals surface area contributed by atoms with Crippen molar-refractivity contribution in [1.82, 2.24) is 4.98 Å². The maximum Gasteiger partial charge on any atom is 0.119 e. The molecule has 4 heteroatoms.